The van der Waals surface area contributed by atoms with Gasteiger partial charge in [0.15, 0.2) is 0 Å². The van der Waals surface area contributed by atoms with Crippen molar-refractivity contribution in [3.63, 3.8) is 0 Å². The van der Waals surface area contributed by atoms with Crippen molar-refractivity contribution in [3.8, 4) is 11.3 Å². The lowest BCUT2D eigenvalue weighted by atomic mass is 10.1. The molecule has 0 fully saturated rings. The summed E-state index contributed by atoms with van der Waals surface area (Å²) in [4.78, 5) is 22.8. The predicted molar refractivity (Wildman–Crippen MR) is 85.7 cm³/mol. The molecule has 1 heterocycles. The molecular weight excluding hydrogens is 282 g/mol. The third kappa shape index (κ3) is 2.92. The standard InChI is InChI=1S/C16H19N3O3/c1-3-11(2)18-15(9-6-13(10-17)16(18)20)12-4-7-14(8-5-12)19(21)22/h4-9,11H,3,10,17H2,1-2H3. The van der Waals surface area contributed by atoms with Crippen LogP contribution in [0.3, 0.4) is 0 Å². The van der Waals surface area contributed by atoms with Gasteiger partial charge in [0.25, 0.3) is 11.2 Å². The largest absolute Gasteiger partial charge is 0.326 e. The normalized spacial score (nSPS) is 12.1. The summed E-state index contributed by atoms with van der Waals surface area (Å²) in [5.41, 5.74) is 7.61. The Morgan fingerprint density at radius 2 is 1.86 bits per heavy atom. The van der Waals surface area contributed by atoms with E-state index in [2.05, 4.69) is 0 Å². The number of benzene rings is 1. The van der Waals surface area contributed by atoms with Crippen molar-refractivity contribution in [3.05, 3.63) is 62.4 Å². The molecule has 0 amide bonds. The minimum absolute atomic E-state index is 0.0178. The number of rotatable bonds is 5. The highest BCUT2D eigenvalue weighted by Gasteiger charge is 2.15. The van der Waals surface area contributed by atoms with Gasteiger partial charge in [0, 0.05) is 30.3 Å². The van der Waals surface area contributed by atoms with Gasteiger partial charge in [-0.05, 0) is 37.1 Å². The van der Waals surface area contributed by atoms with Crippen molar-refractivity contribution in [1.29, 1.82) is 0 Å². The van der Waals surface area contributed by atoms with E-state index < -0.39 is 4.92 Å². The van der Waals surface area contributed by atoms with E-state index in [0.29, 0.717) is 5.56 Å². The highest BCUT2D eigenvalue weighted by atomic mass is 16.6. The second-order valence-electron chi connectivity index (χ2n) is 5.18. The van der Waals surface area contributed by atoms with Crippen LogP contribution in [-0.2, 0) is 6.54 Å². The SMILES string of the molecule is CCC(C)n1c(-c2ccc([N+](=O)[O-])cc2)ccc(CN)c1=O. The van der Waals surface area contributed by atoms with E-state index in [0.717, 1.165) is 17.7 Å². The smallest absolute Gasteiger partial charge is 0.269 e. The summed E-state index contributed by atoms with van der Waals surface area (Å²) in [6.45, 7) is 4.16. The van der Waals surface area contributed by atoms with E-state index in [4.69, 9.17) is 5.73 Å². The fourth-order valence-electron chi connectivity index (χ4n) is 2.36. The van der Waals surface area contributed by atoms with Crippen LogP contribution in [0.5, 0.6) is 0 Å². The molecule has 0 radical (unpaired) electrons. The van der Waals surface area contributed by atoms with Crippen molar-refractivity contribution < 1.29 is 4.92 Å². The molecule has 2 aromatic rings. The van der Waals surface area contributed by atoms with Crippen molar-refractivity contribution in [2.75, 3.05) is 0 Å². The Morgan fingerprint density at radius 3 is 2.36 bits per heavy atom. The van der Waals surface area contributed by atoms with Gasteiger partial charge in [0.2, 0.25) is 0 Å². The van der Waals surface area contributed by atoms with E-state index >= 15 is 0 Å². The summed E-state index contributed by atoms with van der Waals surface area (Å²) < 4.78 is 1.71. The minimum Gasteiger partial charge on any atom is -0.326 e. The summed E-state index contributed by atoms with van der Waals surface area (Å²) in [6.07, 6.45) is 0.800. The van der Waals surface area contributed by atoms with Crippen LogP contribution in [-0.4, -0.2) is 9.49 Å². The number of nitro groups is 1. The number of pyridine rings is 1. The van der Waals surface area contributed by atoms with Gasteiger partial charge in [-0.25, -0.2) is 0 Å². The van der Waals surface area contributed by atoms with Crippen LogP contribution in [0.1, 0.15) is 31.9 Å². The summed E-state index contributed by atoms with van der Waals surface area (Å²) in [5, 5.41) is 10.7. The van der Waals surface area contributed by atoms with Crippen molar-refractivity contribution >= 4 is 5.69 Å². The average Bonchev–Trinajstić information content (AvgIpc) is 2.53. The highest BCUT2D eigenvalue weighted by molar-refractivity contribution is 5.62. The summed E-state index contributed by atoms with van der Waals surface area (Å²) in [6, 6.07) is 9.79. The number of non-ortho nitro benzene ring substituents is 1. The quantitative estimate of drug-likeness (QED) is 0.679. The fraction of sp³-hybridized carbons (Fsp3) is 0.312. The van der Waals surface area contributed by atoms with Crippen LogP contribution >= 0.6 is 0 Å². The van der Waals surface area contributed by atoms with Crippen molar-refractivity contribution in [1.82, 2.24) is 4.57 Å². The van der Waals surface area contributed by atoms with Gasteiger partial charge in [0.1, 0.15) is 0 Å². The number of hydrogen-bond donors (Lipinski definition) is 1. The average molecular weight is 301 g/mol. The maximum Gasteiger partial charge on any atom is 0.269 e. The Labute approximate surface area is 128 Å². The first kappa shape index (κ1) is 15.9. The predicted octanol–water partition coefficient (Wildman–Crippen LogP) is 2.85. The topological polar surface area (TPSA) is 91.2 Å². The van der Waals surface area contributed by atoms with E-state index in [9.17, 15) is 14.9 Å². The molecular formula is C16H19N3O3. The monoisotopic (exact) mass is 301 g/mol. The van der Waals surface area contributed by atoms with Gasteiger partial charge < -0.3 is 10.3 Å². The minimum atomic E-state index is -0.441. The summed E-state index contributed by atoms with van der Waals surface area (Å²) in [7, 11) is 0. The Morgan fingerprint density at radius 1 is 1.23 bits per heavy atom. The number of nitrogens with two attached hydrogens (primary N) is 1. The van der Waals surface area contributed by atoms with Gasteiger partial charge in [-0.15, -0.1) is 0 Å². The van der Waals surface area contributed by atoms with Crippen LogP contribution in [0.15, 0.2) is 41.2 Å². The van der Waals surface area contributed by atoms with Crippen LogP contribution in [0.4, 0.5) is 5.69 Å². The first-order valence-corrected chi connectivity index (χ1v) is 7.18. The molecule has 0 bridgehead atoms. The lowest BCUT2D eigenvalue weighted by Gasteiger charge is -2.19. The molecule has 1 unspecified atom stereocenters. The van der Waals surface area contributed by atoms with Crippen LogP contribution in [0.2, 0.25) is 0 Å². The van der Waals surface area contributed by atoms with Crippen LogP contribution < -0.4 is 11.3 Å². The van der Waals surface area contributed by atoms with Gasteiger partial charge in [-0.1, -0.05) is 13.0 Å². The lowest BCUT2D eigenvalue weighted by Crippen LogP contribution is -2.28. The Hall–Kier alpha value is -2.47. The van der Waals surface area contributed by atoms with Gasteiger partial charge in [-0.3, -0.25) is 14.9 Å². The molecule has 2 N–H and O–H groups in total. The zero-order valence-electron chi connectivity index (χ0n) is 12.7. The maximum absolute atomic E-state index is 12.5. The maximum atomic E-state index is 12.5. The van der Waals surface area contributed by atoms with Crippen molar-refractivity contribution in [2.45, 2.75) is 32.9 Å². The molecule has 6 nitrogen and oxygen atoms in total. The second kappa shape index (κ2) is 6.53. The molecule has 1 aromatic carbocycles. The molecule has 6 heteroatoms. The van der Waals surface area contributed by atoms with E-state index in [-0.39, 0.29) is 23.8 Å². The molecule has 0 aliphatic rings. The molecule has 0 saturated carbocycles. The number of aromatic nitrogens is 1. The molecule has 116 valence electrons. The van der Waals surface area contributed by atoms with Gasteiger partial charge >= 0.3 is 0 Å². The lowest BCUT2D eigenvalue weighted by molar-refractivity contribution is -0.384. The molecule has 0 aliphatic carbocycles. The first-order valence-electron chi connectivity index (χ1n) is 7.18. The third-order valence-corrected chi connectivity index (χ3v) is 3.82. The molecule has 22 heavy (non-hydrogen) atoms. The van der Waals surface area contributed by atoms with E-state index in [1.54, 1.807) is 22.8 Å². The Kier molecular flexibility index (Phi) is 4.72. The van der Waals surface area contributed by atoms with Gasteiger partial charge in [-0.2, -0.15) is 0 Å². The van der Waals surface area contributed by atoms with E-state index in [1.165, 1.54) is 12.1 Å². The summed E-state index contributed by atoms with van der Waals surface area (Å²) >= 11 is 0. The zero-order valence-corrected chi connectivity index (χ0v) is 12.7. The Bertz CT molecular complexity index is 735. The van der Waals surface area contributed by atoms with Crippen LogP contribution in [0, 0.1) is 10.1 Å². The first-order chi connectivity index (χ1) is 10.5. The number of nitrogens with zero attached hydrogens (tertiary/aromatic N) is 2. The molecule has 2 rings (SSSR count). The molecule has 1 aromatic heterocycles. The van der Waals surface area contributed by atoms with Crippen LogP contribution in [0.25, 0.3) is 11.3 Å². The number of nitro benzene ring substituents is 1. The Balaban J connectivity index is 2.61. The molecule has 0 aliphatic heterocycles. The van der Waals surface area contributed by atoms with E-state index in [1.807, 2.05) is 19.9 Å². The fourth-order valence-corrected chi connectivity index (χ4v) is 2.36. The highest BCUT2D eigenvalue weighted by Crippen LogP contribution is 2.25. The zero-order chi connectivity index (χ0) is 16.3. The van der Waals surface area contributed by atoms with Crippen molar-refractivity contribution in [2.24, 2.45) is 5.73 Å². The molecule has 0 spiro atoms. The molecule has 1 atom stereocenters. The summed E-state index contributed by atoms with van der Waals surface area (Å²) in [5.74, 6) is 0. The number of hydrogen-bond acceptors (Lipinski definition) is 4. The second-order valence-corrected chi connectivity index (χ2v) is 5.18. The molecule has 0 saturated heterocycles. The van der Waals surface area contributed by atoms with Gasteiger partial charge in [0.05, 0.1) is 10.6 Å². The third-order valence-electron chi connectivity index (χ3n) is 3.82.